The molecule has 0 saturated carbocycles. The number of carbonyl (C=O) groups is 2. The van der Waals surface area contributed by atoms with Crippen molar-refractivity contribution in [1.82, 2.24) is 0 Å². The molecule has 0 fully saturated rings. The molecule has 1 unspecified atom stereocenters. The van der Waals surface area contributed by atoms with Crippen molar-refractivity contribution in [2.24, 2.45) is 5.73 Å². The van der Waals surface area contributed by atoms with Crippen LogP contribution in [-0.4, -0.2) is 17.0 Å². The predicted molar refractivity (Wildman–Crippen MR) is 60.7 cm³/mol. The molecule has 0 aliphatic carbocycles. The van der Waals surface area contributed by atoms with E-state index in [1.807, 2.05) is 0 Å². The molecular formula is C10H9Cl2NO3. The molecule has 0 aliphatic rings. The Hall–Kier alpha value is -1.26. The van der Waals surface area contributed by atoms with Crippen LogP contribution in [0, 0.1) is 0 Å². The van der Waals surface area contributed by atoms with Crippen LogP contribution < -0.4 is 5.73 Å². The molecular weight excluding hydrogens is 253 g/mol. The first-order chi connectivity index (χ1) is 7.40. The first-order valence-electron chi connectivity index (χ1n) is 4.37. The third-order valence-corrected chi connectivity index (χ3v) is 2.43. The van der Waals surface area contributed by atoms with Crippen LogP contribution in [0.5, 0.6) is 0 Å². The van der Waals surface area contributed by atoms with Crippen molar-refractivity contribution < 1.29 is 14.7 Å². The fourth-order valence-electron chi connectivity index (χ4n) is 1.33. The van der Waals surface area contributed by atoms with Gasteiger partial charge in [-0.3, -0.25) is 9.59 Å². The number of amides is 1. The molecule has 16 heavy (non-hydrogen) atoms. The van der Waals surface area contributed by atoms with Gasteiger partial charge >= 0.3 is 5.97 Å². The average Bonchev–Trinajstić information content (AvgIpc) is 2.11. The highest BCUT2D eigenvalue weighted by Crippen LogP contribution is 2.26. The lowest BCUT2D eigenvalue weighted by molar-refractivity contribution is -0.140. The van der Waals surface area contributed by atoms with Gasteiger partial charge in [0, 0.05) is 16.5 Å². The Morgan fingerprint density at radius 3 is 2.12 bits per heavy atom. The minimum absolute atomic E-state index is 0.286. The number of halogens is 2. The van der Waals surface area contributed by atoms with Gasteiger partial charge in [0.2, 0.25) is 5.91 Å². The molecule has 0 aromatic heterocycles. The van der Waals surface area contributed by atoms with Crippen LogP contribution in [0.25, 0.3) is 0 Å². The summed E-state index contributed by atoms with van der Waals surface area (Å²) in [7, 11) is 0. The standard InChI is InChI=1S/C10H9Cl2NO3/c11-6-1-5(2-7(12)3-6)8(10(15)16)4-9(13)14/h1-3,8H,4H2,(H2,13,14)(H,15,16). The number of primary amides is 1. The van der Waals surface area contributed by atoms with Crippen LogP contribution in [0.1, 0.15) is 17.9 Å². The third kappa shape index (κ3) is 3.40. The lowest BCUT2D eigenvalue weighted by Crippen LogP contribution is -2.21. The summed E-state index contributed by atoms with van der Waals surface area (Å²) < 4.78 is 0. The summed E-state index contributed by atoms with van der Waals surface area (Å²) in [5.41, 5.74) is 5.34. The normalized spacial score (nSPS) is 12.1. The van der Waals surface area contributed by atoms with E-state index in [9.17, 15) is 9.59 Å². The monoisotopic (exact) mass is 261 g/mol. The van der Waals surface area contributed by atoms with Gasteiger partial charge < -0.3 is 10.8 Å². The molecule has 4 nitrogen and oxygen atoms in total. The molecule has 0 aliphatic heterocycles. The van der Waals surface area contributed by atoms with E-state index in [0.29, 0.717) is 15.6 Å². The topological polar surface area (TPSA) is 80.4 Å². The molecule has 0 saturated heterocycles. The molecule has 1 atom stereocenters. The predicted octanol–water partition coefficient (Wildman–Crippen LogP) is 2.04. The number of aliphatic carboxylic acids is 1. The van der Waals surface area contributed by atoms with Gasteiger partial charge in [0.05, 0.1) is 5.92 Å². The Kier molecular flexibility index (Phi) is 4.15. The van der Waals surface area contributed by atoms with Gasteiger partial charge in [0.1, 0.15) is 0 Å². The molecule has 0 spiro atoms. The van der Waals surface area contributed by atoms with Gasteiger partial charge in [-0.2, -0.15) is 0 Å². The zero-order chi connectivity index (χ0) is 12.3. The maximum Gasteiger partial charge on any atom is 0.311 e. The van der Waals surface area contributed by atoms with E-state index in [2.05, 4.69) is 0 Å². The summed E-state index contributed by atoms with van der Waals surface area (Å²) >= 11 is 11.5. The number of nitrogens with two attached hydrogens (primary N) is 1. The van der Waals surface area contributed by atoms with Crippen molar-refractivity contribution in [1.29, 1.82) is 0 Å². The highest BCUT2D eigenvalue weighted by molar-refractivity contribution is 6.34. The maximum absolute atomic E-state index is 11.0. The Morgan fingerprint density at radius 1 is 1.25 bits per heavy atom. The zero-order valence-electron chi connectivity index (χ0n) is 8.11. The minimum Gasteiger partial charge on any atom is -0.481 e. The zero-order valence-corrected chi connectivity index (χ0v) is 9.63. The number of carboxylic acids is 1. The van der Waals surface area contributed by atoms with E-state index in [1.54, 1.807) is 0 Å². The number of benzene rings is 1. The van der Waals surface area contributed by atoms with Gasteiger partial charge in [-0.15, -0.1) is 0 Å². The summed E-state index contributed by atoms with van der Waals surface area (Å²) in [6, 6.07) is 4.39. The van der Waals surface area contributed by atoms with Gasteiger partial charge in [0.15, 0.2) is 0 Å². The first-order valence-corrected chi connectivity index (χ1v) is 5.13. The Labute approximate surface area is 102 Å². The molecule has 1 aromatic carbocycles. The molecule has 1 aromatic rings. The van der Waals surface area contributed by atoms with Crippen LogP contribution in [0.3, 0.4) is 0 Å². The summed E-state index contributed by atoms with van der Waals surface area (Å²) in [6.45, 7) is 0. The average molecular weight is 262 g/mol. The number of rotatable bonds is 4. The second-order valence-electron chi connectivity index (χ2n) is 3.26. The van der Waals surface area contributed by atoms with Crippen LogP contribution in [0.15, 0.2) is 18.2 Å². The Bertz CT molecular complexity index is 414. The van der Waals surface area contributed by atoms with Crippen molar-refractivity contribution >= 4 is 35.1 Å². The lowest BCUT2D eigenvalue weighted by Gasteiger charge is -2.11. The summed E-state index contributed by atoms with van der Waals surface area (Å²) in [5.74, 6) is -2.85. The molecule has 6 heteroatoms. The summed E-state index contributed by atoms with van der Waals surface area (Å²) in [6.07, 6.45) is -0.286. The highest BCUT2D eigenvalue weighted by atomic mass is 35.5. The maximum atomic E-state index is 11.0. The molecule has 0 radical (unpaired) electrons. The van der Waals surface area contributed by atoms with Gasteiger partial charge in [-0.1, -0.05) is 23.2 Å². The van der Waals surface area contributed by atoms with Gasteiger partial charge in [-0.05, 0) is 23.8 Å². The molecule has 0 bridgehead atoms. The third-order valence-electron chi connectivity index (χ3n) is 1.99. The Balaban J connectivity index is 3.10. The van der Waals surface area contributed by atoms with Gasteiger partial charge in [0.25, 0.3) is 0 Å². The molecule has 1 rings (SSSR count). The van der Waals surface area contributed by atoms with E-state index in [-0.39, 0.29) is 6.42 Å². The molecule has 3 N–H and O–H groups in total. The fraction of sp³-hybridized carbons (Fsp3) is 0.200. The summed E-state index contributed by atoms with van der Waals surface area (Å²) in [5, 5.41) is 9.60. The van der Waals surface area contributed by atoms with E-state index < -0.39 is 17.8 Å². The van der Waals surface area contributed by atoms with Crippen LogP contribution >= 0.6 is 23.2 Å². The van der Waals surface area contributed by atoms with Crippen molar-refractivity contribution in [3.63, 3.8) is 0 Å². The summed E-state index contributed by atoms with van der Waals surface area (Å²) in [4.78, 5) is 21.7. The first kappa shape index (κ1) is 12.8. The Morgan fingerprint density at radius 2 is 1.75 bits per heavy atom. The quantitative estimate of drug-likeness (QED) is 0.871. The molecule has 1 amide bonds. The minimum atomic E-state index is -1.14. The molecule has 0 heterocycles. The number of carboxylic acid groups (broad SMARTS) is 1. The van der Waals surface area contributed by atoms with Crippen molar-refractivity contribution in [3.05, 3.63) is 33.8 Å². The van der Waals surface area contributed by atoms with E-state index in [1.165, 1.54) is 18.2 Å². The van der Waals surface area contributed by atoms with E-state index in [4.69, 9.17) is 34.0 Å². The second kappa shape index (κ2) is 5.18. The smallest absolute Gasteiger partial charge is 0.311 e. The van der Waals surface area contributed by atoms with E-state index in [0.717, 1.165) is 0 Å². The lowest BCUT2D eigenvalue weighted by atomic mass is 9.96. The highest BCUT2D eigenvalue weighted by Gasteiger charge is 2.22. The molecule has 86 valence electrons. The SMILES string of the molecule is NC(=O)CC(C(=O)O)c1cc(Cl)cc(Cl)c1. The number of hydrogen-bond donors (Lipinski definition) is 2. The van der Waals surface area contributed by atoms with Gasteiger partial charge in [-0.25, -0.2) is 0 Å². The van der Waals surface area contributed by atoms with Crippen LogP contribution in [-0.2, 0) is 9.59 Å². The number of hydrogen-bond acceptors (Lipinski definition) is 2. The van der Waals surface area contributed by atoms with E-state index >= 15 is 0 Å². The second-order valence-corrected chi connectivity index (χ2v) is 4.14. The van der Waals surface area contributed by atoms with Crippen molar-refractivity contribution in [2.75, 3.05) is 0 Å². The fourth-order valence-corrected chi connectivity index (χ4v) is 1.87. The van der Waals surface area contributed by atoms with Crippen LogP contribution in [0.2, 0.25) is 10.0 Å². The van der Waals surface area contributed by atoms with Crippen molar-refractivity contribution in [2.45, 2.75) is 12.3 Å². The van der Waals surface area contributed by atoms with Crippen molar-refractivity contribution in [3.8, 4) is 0 Å². The largest absolute Gasteiger partial charge is 0.481 e. The number of carbonyl (C=O) groups excluding carboxylic acids is 1. The van der Waals surface area contributed by atoms with Crippen LogP contribution in [0.4, 0.5) is 0 Å².